The molecule has 5 heteroatoms. The molecule has 0 radical (unpaired) electrons. The Labute approximate surface area is 132 Å². The average Bonchev–Trinajstić information content (AvgIpc) is 2.50. The van der Waals surface area contributed by atoms with Crippen LogP contribution in [-0.2, 0) is 0 Å². The Bertz CT molecular complexity index is 451. The van der Waals surface area contributed by atoms with E-state index in [4.69, 9.17) is 21.1 Å². The third-order valence-corrected chi connectivity index (χ3v) is 3.29. The van der Waals surface area contributed by atoms with Crippen molar-refractivity contribution in [3.8, 4) is 11.5 Å². The van der Waals surface area contributed by atoms with Crippen LogP contribution in [0.25, 0.3) is 0 Å². The standard InChI is InChI=1S/C16H24ClNO3/c1-4-18(11-7-10-17)16(19)13-8-9-14(20-5-2)15(12-13)21-6-3/h8-9,12H,4-7,10-11H2,1-3H3. The van der Waals surface area contributed by atoms with E-state index in [2.05, 4.69) is 0 Å². The van der Waals surface area contributed by atoms with Crippen LogP contribution >= 0.6 is 11.6 Å². The van der Waals surface area contributed by atoms with Crippen molar-refractivity contribution in [2.24, 2.45) is 0 Å². The quantitative estimate of drug-likeness (QED) is 0.654. The van der Waals surface area contributed by atoms with E-state index < -0.39 is 0 Å². The van der Waals surface area contributed by atoms with Gasteiger partial charge in [0.2, 0.25) is 0 Å². The zero-order valence-electron chi connectivity index (χ0n) is 13.0. The molecule has 0 spiro atoms. The van der Waals surface area contributed by atoms with Crippen molar-refractivity contribution in [1.29, 1.82) is 0 Å². The van der Waals surface area contributed by atoms with Gasteiger partial charge in [-0.2, -0.15) is 0 Å². The van der Waals surface area contributed by atoms with Gasteiger partial charge in [-0.25, -0.2) is 0 Å². The molecule has 0 aliphatic carbocycles. The predicted octanol–water partition coefficient (Wildman–Crippen LogP) is 3.58. The molecule has 0 unspecified atom stereocenters. The van der Waals surface area contributed by atoms with E-state index in [1.807, 2.05) is 20.8 Å². The van der Waals surface area contributed by atoms with E-state index >= 15 is 0 Å². The van der Waals surface area contributed by atoms with E-state index in [1.54, 1.807) is 23.1 Å². The molecule has 4 nitrogen and oxygen atoms in total. The van der Waals surface area contributed by atoms with Crippen molar-refractivity contribution in [3.63, 3.8) is 0 Å². The second-order valence-corrected chi connectivity index (χ2v) is 4.83. The Morgan fingerprint density at radius 1 is 1.14 bits per heavy atom. The summed E-state index contributed by atoms with van der Waals surface area (Å²) in [5.74, 6) is 1.82. The molecule has 1 rings (SSSR count). The molecule has 0 atom stereocenters. The van der Waals surface area contributed by atoms with Gasteiger partial charge in [-0.05, 0) is 45.4 Å². The van der Waals surface area contributed by atoms with E-state index in [9.17, 15) is 4.79 Å². The molecular formula is C16H24ClNO3. The Kier molecular flexibility index (Phi) is 7.98. The first-order chi connectivity index (χ1) is 10.2. The molecule has 1 aromatic carbocycles. The van der Waals surface area contributed by atoms with Crippen LogP contribution in [0.1, 0.15) is 37.6 Å². The minimum absolute atomic E-state index is 0.00776. The second kappa shape index (κ2) is 9.50. The number of alkyl halides is 1. The van der Waals surface area contributed by atoms with Crippen LogP contribution < -0.4 is 9.47 Å². The lowest BCUT2D eigenvalue weighted by molar-refractivity contribution is 0.0764. The van der Waals surface area contributed by atoms with Crippen LogP contribution in [0, 0.1) is 0 Å². The number of nitrogens with zero attached hydrogens (tertiary/aromatic N) is 1. The molecule has 0 saturated carbocycles. The van der Waals surface area contributed by atoms with Crippen molar-refractivity contribution in [3.05, 3.63) is 23.8 Å². The smallest absolute Gasteiger partial charge is 0.253 e. The van der Waals surface area contributed by atoms with E-state index in [0.29, 0.717) is 49.2 Å². The fraction of sp³-hybridized carbons (Fsp3) is 0.562. The SMILES string of the molecule is CCOc1ccc(C(=O)N(CC)CCCCl)cc1OCC. The Balaban J connectivity index is 2.95. The summed E-state index contributed by atoms with van der Waals surface area (Å²) in [5.41, 5.74) is 0.610. The number of amides is 1. The van der Waals surface area contributed by atoms with Gasteiger partial charge in [-0.1, -0.05) is 0 Å². The summed E-state index contributed by atoms with van der Waals surface area (Å²) in [6, 6.07) is 5.32. The molecule has 0 aliphatic rings. The molecule has 0 saturated heterocycles. The Morgan fingerprint density at radius 3 is 2.38 bits per heavy atom. The van der Waals surface area contributed by atoms with Gasteiger partial charge in [0.05, 0.1) is 13.2 Å². The summed E-state index contributed by atoms with van der Waals surface area (Å²) in [4.78, 5) is 14.3. The highest BCUT2D eigenvalue weighted by Gasteiger charge is 2.16. The van der Waals surface area contributed by atoms with Crippen LogP contribution in [0.4, 0.5) is 0 Å². The first-order valence-corrected chi connectivity index (χ1v) is 7.96. The summed E-state index contributed by atoms with van der Waals surface area (Å²) in [6.07, 6.45) is 0.788. The van der Waals surface area contributed by atoms with Crippen LogP contribution in [0.2, 0.25) is 0 Å². The fourth-order valence-electron chi connectivity index (χ4n) is 2.02. The van der Waals surface area contributed by atoms with Crippen LogP contribution in [0.15, 0.2) is 18.2 Å². The van der Waals surface area contributed by atoms with Gasteiger partial charge in [0.15, 0.2) is 11.5 Å². The minimum atomic E-state index is -0.00776. The molecule has 0 bridgehead atoms. The van der Waals surface area contributed by atoms with Gasteiger partial charge in [0, 0.05) is 24.5 Å². The lowest BCUT2D eigenvalue weighted by Crippen LogP contribution is -2.32. The van der Waals surface area contributed by atoms with Crippen LogP contribution in [-0.4, -0.2) is 43.0 Å². The van der Waals surface area contributed by atoms with Gasteiger partial charge in [0.25, 0.3) is 5.91 Å². The summed E-state index contributed by atoms with van der Waals surface area (Å²) >= 11 is 5.70. The lowest BCUT2D eigenvalue weighted by Gasteiger charge is -2.21. The Morgan fingerprint density at radius 2 is 1.81 bits per heavy atom. The van der Waals surface area contributed by atoms with Crippen molar-refractivity contribution < 1.29 is 14.3 Å². The normalized spacial score (nSPS) is 10.3. The molecule has 0 aromatic heterocycles. The molecule has 1 aromatic rings. The molecular weight excluding hydrogens is 290 g/mol. The number of hydrogen-bond acceptors (Lipinski definition) is 3. The predicted molar refractivity (Wildman–Crippen MR) is 85.7 cm³/mol. The molecule has 118 valence electrons. The van der Waals surface area contributed by atoms with Gasteiger partial charge >= 0.3 is 0 Å². The molecule has 0 heterocycles. The molecule has 0 N–H and O–H groups in total. The molecule has 0 fully saturated rings. The average molecular weight is 314 g/mol. The van der Waals surface area contributed by atoms with E-state index in [1.165, 1.54) is 0 Å². The van der Waals surface area contributed by atoms with E-state index in [-0.39, 0.29) is 5.91 Å². The first-order valence-electron chi connectivity index (χ1n) is 7.42. The van der Waals surface area contributed by atoms with Crippen molar-refractivity contribution >= 4 is 17.5 Å². The second-order valence-electron chi connectivity index (χ2n) is 4.45. The monoisotopic (exact) mass is 313 g/mol. The Hall–Kier alpha value is -1.42. The largest absolute Gasteiger partial charge is 0.490 e. The van der Waals surface area contributed by atoms with Gasteiger partial charge in [0.1, 0.15) is 0 Å². The molecule has 0 aliphatic heterocycles. The van der Waals surface area contributed by atoms with Crippen molar-refractivity contribution in [1.82, 2.24) is 4.90 Å². The third kappa shape index (κ3) is 5.12. The summed E-state index contributed by atoms with van der Waals surface area (Å²) in [7, 11) is 0. The van der Waals surface area contributed by atoms with Crippen LogP contribution in [0.3, 0.4) is 0 Å². The molecule has 1 amide bonds. The minimum Gasteiger partial charge on any atom is -0.490 e. The zero-order chi connectivity index (χ0) is 15.7. The number of ether oxygens (including phenoxy) is 2. The fourth-order valence-corrected chi connectivity index (χ4v) is 2.14. The van der Waals surface area contributed by atoms with Crippen molar-refractivity contribution in [2.75, 3.05) is 32.2 Å². The topological polar surface area (TPSA) is 38.8 Å². The third-order valence-electron chi connectivity index (χ3n) is 3.02. The van der Waals surface area contributed by atoms with Crippen LogP contribution in [0.5, 0.6) is 11.5 Å². The number of carbonyl (C=O) groups excluding carboxylic acids is 1. The van der Waals surface area contributed by atoms with E-state index in [0.717, 1.165) is 6.42 Å². The summed E-state index contributed by atoms with van der Waals surface area (Å²) in [5, 5.41) is 0. The highest BCUT2D eigenvalue weighted by molar-refractivity contribution is 6.17. The van der Waals surface area contributed by atoms with Gasteiger partial charge in [-0.15, -0.1) is 11.6 Å². The molecule has 21 heavy (non-hydrogen) atoms. The maximum atomic E-state index is 12.5. The maximum Gasteiger partial charge on any atom is 0.253 e. The number of halogens is 1. The highest BCUT2D eigenvalue weighted by atomic mass is 35.5. The van der Waals surface area contributed by atoms with Gasteiger partial charge < -0.3 is 14.4 Å². The highest BCUT2D eigenvalue weighted by Crippen LogP contribution is 2.29. The van der Waals surface area contributed by atoms with Gasteiger partial charge in [-0.3, -0.25) is 4.79 Å². The number of benzene rings is 1. The number of carbonyl (C=O) groups is 1. The first kappa shape index (κ1) is 17.6. The summed E-state index contributed by atoms with van der Waals surface area (Å²) < 4.78 is 11.1. The zero-order valence-corrected chi connectivity index (χ0v) is 13.8. The van der Waals surface area contributed by atoms with Crippen molar-refractivity contribution in [2.45, 2.75) is 27.2 Å². The number of rotatable bonds is 9. The number of hydrogen-bond donors (Lipinski definition) is 0. The lowest BCUT2D eigenvalue weighted by atomic mass is 10.1. The summed E-state index contributed by atoms with van der Waals surface area (Å²) in [6.45, 7) is 8.20. The maximum absolute atomic E-state index is 12.5.